The van der Waals surface area contributed by atoms with Gasteiger partial charge in [-0.15, -0.1) is 24.8 Å². The predicted molar refractivity (Wildman–Crippen MR) is 137 cm³/mol. The summed E-state index contributed by atoms with van der Waals surface area (Å²) in [6.45, 7) is 5.88. The largest absolute Gasteiger partial charge is 0.371 e. The first-order valence-electron chi connectivity index (χ1n) is 11.6. The van der Waals surface area contributed by atoms with E-state index in [9.17, 15) is 4.39 Å². The lowest BCUT2D eigenvalue weighted by Gasteiger charge is -2.33. The summed E-state index contributed by atoms with van der Waals surface area (Å²) in [5, 5.41) is 1.07. The van der Waals surface area contributed by atoms with Gasteiger partial charge in [-0.3, -0.25) is 0 Å². The van der Waals surface area contributed by atoms with Crippen LogP contribution in [-0.4, -0.2) is 42.6 Å². The Morgan fingerprint density at radius 3 is 2.56 bits per heavy atom. The Hall–Kier alpha value is -1.75. The van der Waals surface area contributed by atoms with E-state index in [2.05, 4.69) is 45.2 Å². The molecule has 0 aliphatic carbocycles. The number of hydrogen-bond donors (Lipinski definition) is 1. The Balaban J connectivity index is 0.00000144. The zero-order valence-electron chi connectivity index (χ0n) is 18.6. The lowest BCUT2D eigenvalue weighted by atomic mass is 9.89. The van der Waals surface area contributed by atoms with Crippen molar-refractivity contribution in [1.82, 2.24) is 9.88 Å². The zero-order valence-corrected chi connectivity index (χ0v) is 20.2. The summed E-state index contributed by atoms with van der Waals surface area (Å²) in [4.78, 5) is 8.52. The highest BCUT2D eigenvalue weighted by Gasteiger charge is 2.23. The summed E-state index contributed by atoms with van der Waals surface area (Å²) < 4.78 is 13.7. The quantitative estimate of drug-likeness (QED) is 0.405. The van der Waals surface area contributed by atoms with Gasteiger partial charge in [0.2, 0.25) is 0 Å². The number of para-hydroxylation sites is 1. The molecule has 0 unspecified atom stereocenters. The van der Waals surface area contributed by atoms with Gasteiger partial charge in [-0.2, -0.15) is 0 Å². The van der Waals surface area contributed by atoms with Gasteiger partial charge < -0.3 is 14.8 Å². The molecule has 3 nitrogen and oxygen atoms in total. The van der Waals surface area contributed by atoms with Crippen LogP contribution in [0.1, 0.15) is 49.1 Å². The number of piperidine rings is 1. The van der Waals surface area contributed by atoms with E-state index in [1.807, 2.05) is 6.07 Å². The van der Waals surface area contributed by atoms with Gasteiger partial charge in [-0.25, -0.2) is 4.39 Å². The third kappa shape index (κ3) is 5.41. The number of H-pyrrole nitrogens is 1. The second-order valence-corrected chi connectivity index (χ2v) is 8.98. The normalized spacial score (nSPS) is 17.0. The van der Waals surface area contributed by atoms with E-state index in [1.54, 1.807) is 6.07 Å². The van der Waals surface area contributed by atoms with E-state index in [1.165, 1.54) is 81.0 Å². The first-order valence-corrected chi connectivity index (χ1v) is 11.6. The highest BCUT2D eigenvalue weighted by atomic mass is 35.5. The highest BCUT2D eigenvalue weighted by molar-refractivity contribution is 5.85. The molecule has 3 aromatic rings. The van der Waals surface area contributed by atoms with Gasteiger partial charge in [0, 0.05) is 35.9 Å². The minimum absolute atomic E-state index is 0. The van der Waals surface area contributed by atoms with Crippen LogP contribution >= 0.6 is 24.8 Å². The van der Waals surface area contributed by atoms with E-state index in [0.717, 1.165) is 24.0 Å². The van der Waals surface area contributed by atoms with Crippen molar-refractivity contribution in [1.29, 1.82) is 0 Å². The number of nitrogens with zero attached hydrogens (tertiary/aromatic N) is 2. The first kappa shape index (κ1) is 24.9. The molecule has 0 saturated carbocycles. The van der Waals surface area contributed by atoms with E-state index in [-0.39, 0.29) is 30.6 Å². The van der Waals surface area contributed by atoms with Crippen molar-refractivity contribution in [2.24, 2.45) is 0 Å². The molecule has 5 rings (SSSR count). The van der Waals surface area contributed by atoms with E-state index >= 15 is 0 Å². The minimum Gasteiger partial charge on any atom is -0.371 e. The third-order valence-electron chi connectivity index (χ3n) is 7.06. The monoisotopic (exact) mass is 477 g/mol. The van der Waals surface area contributed by atoms with Crippen LogP contribution in [-0.2, 0) is 6.42 Å². The summed E-state index contributed by atoms with van der Waals surface area (Å²) in [5.41, 5.74) is 5.32. The Morgan fingerprint density at radius 2 is 1.72 bits per heavy atom. The number of rotatable bonds is 6. The molecular formula is C26H34Cl2FN3. The lowest BCUT2D eigenvalue weighted by Crippen LogP contribution is -2.34. The number of aromatic nitrogens is 1. The molecule has 0 spiro atoms. The first-order chi connectivity index (χ1) is 14.8. The Morgan fingerprint density at radius 1 is 0.938 bits per heavy atom. The summed E-state index contributed by atoms with van der Waals surface area (Å²) in [7, 11) is 0. The van der Waals surface area contributed by atoms with Crippen molar-refractivity contribution < 1.29 is 4.39 Å². The highest BCUT2D eigenvalue weighted by Crippen LogP contribution is 2.33. The second kappa shape index (κ2) is 11.4. The Labute approximate surface area is 203 Å². The number of halogens is 3. The van der Waals surface area contributed by atoms with Gasteiger partial charge in [0.05, 0.1) is 0 Å². The molecule has 0 bridgehead atoms. The van der Waals surface area contributed by atoms with Crippen molar-refractivity contribution >= 4 is 41.4 Å². The van der Waals surface area contributed by atoms with Crippen molar-refractivity contribution in [3.8, 4) is 0 Å². The molecule has 2 aliphatic heterocycles. The molecule has 6 heteroatoms. The summed E-state index contributed by atoms with van der Waals surface area (Å²) in [5.74, 6) is 0.402. The third-order valence-corrected chi connectivity index (χ3v) is 7.06. The average molecular weight is 478 g/mol. The molecule has 3 heterocycles. The second-order valence-electron chi connectivity index (χ2n) is 8.98. The molecule has 2 aliphatic rings. The van der Waals surface area contributed by atoms with Gasteiger partial charge in [-0.1, -0.05) is 18.2 Å². The van der Waals surface area contributed by atoms with Crippen LogP contribution in [0.3, 0.4) is 0 Å². The number of nitrogens with one attached hydrogen (secondary N) is 1. The van der Waals surface area contributed by atoms with Crippen LogP contribution in [0.15, 0.2) is 48.7 Å². The number of unbranched alkanes of at least 4 members (excludes halogenated alkanes) is 1. The number of aromatic amines is 1. The topological polar surface area (TPSA) is 22.3 Å². The fourth-order valence-electron chi connectivity index (χ4n) is 5.40. The van der Waals surface area contributed by atoms with Crippen molar-refractivity contribution in [2.75, 3.05) is 37.6 Å². The molecule has 174 valence electrons. The molecule has 1 N–H and O–H groups in total. The van der Waals surface area contributed by atoms with Crippen LogP contribution < -0.4 is 4.90 Å². The predicted octanol–water partition coefficient (Wildman–Crippen LogP) is 6.56. The number of likely N-dealkylation sites (tertiary alicyclic amines) is 1. The summed E-state index contributed by atoms with van der Waals surface area (Å²) in [6.07, 6.45) is 9.47. The van der Waals surface area contributed by atoms with Crippen LogP contribution in [0.5, 0.6) is 0 Å². The Kier molecular flexibility index (Phi) is 8.87. The van der Waals surface area contributed by atoms with E-state index in [0.29, 0.717) is 5.92 Å². The van der Waals surface area contributed by atoms with Crippen LogP contribution in [0.2, 0.25) is 0 Å². The standard InChI is InChI=1S/C26H32FN3.2ClH/c27-22-9-10-25-23(18-22)24(19-28-25)20-11-16-29(17-12-20)13-3-4-14-30-15-5-7-21-6-1-2-8-26(21)30;;/h1-2,6,8-10,18-20,28H,3-5,7,11-17H2;2*1H. The van der Waals surface area contributed by atoms with Gasteiger partial charge in [-0.05, 0) is 99.5 Å². The summed E-state index contributed by atoms with van der Waals surface area (Å²) in [6, 6.07) is 14.0. The van der Waals surface area contributed by atoms with Crippen molar-refractivity contribution in [3.63, 3.8) is 0 Å². The molecule has 32 heavy (non-hydrogen) atoms. The number of hydrogen-bond acceptors (Lipinski definition) is 2. The lowest BCUT2D eigenvalue weighted by molar-refractivity contribution is 0.209. The fraction of sp³-hybridized carbons (Fsp3) is 0.462. The van der Waals surface area contributed by atoms with Crippen molar-refractivity contribution in [3.05, 3.63) is 65.6 Å². The SMILES string of the molecule is Cl.Cl.Fc1ccc2[nH]cc(C3CCN(CCCCN4CCCc5ccccc54)CC3)c2c1. The summed E-state index contributed by atoms with van der Waals surface area (Å²) >= 11 is 0. The molecular weight excluding hydrogens is 444 g/mol. The molecule has 1 fully saturated rings. The molecule has 1 saturated heterocycles. The number of aryl methyl sites for hydroxylation is 1. The molecule has 0 atom stereocenters. The number of benzene rings is 2. The minimum atomic E-state index is -0.142. The van der Waals surface area contributed by atoms with Crippen LogP contribution in [0.4, 0.5) is 10.1 Å². The maximum atomic E-state index is 13.7. The van der Waals surface area contributed by atoms with Crippen molar-refractivity contribution in [2.45, 2.75) is 44.4 Å². The smallest absolute Gasteiger partial charge is 0.123 e. The molecule has 2 aromatic carbocycles. The van der Waals surface area contributed by atoms with Crippen LogP contribution in [0.25, 0.3) is 10.9 Å². The van der Waals surface area contributed by atoms with E-state index < -0.39 is 0 Å². The van der Waals surface area contributed by atoms with E-state index in [4.69, 9.17) is 0 Å². The van der Waals surface area contributed by atoms with Gasteiger partial charge >= 0.3 is 0 Å². The zero-order chi connectivity index (χ0) is 20.3. The average Bonchev–Trinajstić information content (AvgIpc) is 3.20. The molecule has 1 aromatic heterocycles. The fourth-order valence-corrected chi connectivity index (χ4v) is 5.40. The number of fused-ring (bicyclic) bond motifs is 2. The maximum Gasteiger partial charge on any atom is 0.123 e. The number of anilines is 1. The van der Waals surface area contributed by atoms with Gasteiger partial charge in [0.15, 0.2) is 0 Å². The molecule has 0 amide bonds. The van der Waals surface area contributed by atoms with Gasteiger partial charge in [0.1, 0.15) is 5.82 Å². The van der Waals surface area contributed by atoms with Crippen LogP contribution in [0, 0.1) is 5.82 Å². The maximum absolute atomic E-state index is 13.7. The van der Waals surface area contributed by atoms with Gasteiger partial charge in [0.25, 0.3) is 0 Å². The Bertz CT molecular complexity index is 998. The molecule has 0 radical (unpaired) electrons.